The second-order valence-corrected chi connectivity index (χ2v) is 4.86. The second kappa shape index (κ2) is 6.05. The molecule has 0 bridgehead atoms. The summed E-state index contributed by atoms with van der Waals surface area (Å²) in [7, 11) is 3.04. The molecular weight excluding hydrogens is 256 g/mol. The summed E-state index contributed by atoms with van der Waals surface area (Å²) in [5.74, 6) is 0.0685. The van der Waals surface area contributed by atoms with Gasteiger partial charge in [0.05, 0.1) is 7.11 Å². The molecule has 1 rings (SSSR count). The summed E-state index contributed by atoms with van der Waals surface area (Å²) in [6, 6.07) is 0. The van der Waals surface area contributed by atoms with Gasteiger partial charge in [-0.05, 0) is 20.9 Å². The van der Waals surface area contributed by atoms with E-state index in [0.29, 0.717) is 17.5 Å². The van der Waals surface area contributed by atoms with E-state index in [4.69, 9.17) is 4.74 Å². The van der Waals surface area contributed by atoms with Gasteiger partial charge in [0.25, 0.3) is 0 Å². The summed E-state index contributed by atoms with van der Waals surface area (Å²) < 4.78 is 6.26. The molecule has 0 saturated carbocycles. The van der Waals surface area contributed by atoms with Gasteiger partial charge >= 0.3 is 11.7 Å². The number of likely N-dealkylation sites (N-methyl/N-ethyl adjacent to an activating group) is 1. The van der Waals surface area contributed by atoms with Crippen molar-refractivity contribution in [2.75, 3.05) is 19.9 Å². The van der Waals surface area contributed by atoms with E-state index in [-0.39, 0.29) is 11.7 Å². The molecule has 8 heteroatoms. The smallest absolute Gasteiger partial charge is 0.343 e. The highest BCUT2D eigenvalue weighted by Crippen LogP contribution is 2.20. The van der Waals surface area contributed by atoms with Gasteiger partial charge in [-0.15, -0.1) is 5.10 Å². The summed E-state index contributed by atoms with van der Waals surface area (Å²) in [5.41, 5.74) is -1.06. The molecule has 1 aromatic rings. The van der Waals surface area contributed by atoms with E-state index in [0.717, 1.165) is 0 Å². The highest BCUT2D eigenvalue weighted by molar-refractivity contribution is 7.99. The van der Waals surface area contributed by atoms with Gasteiger partial charge in [0, 0.05) is 12.3 Å². The largest absolute Gasteiger partial charge is 0.468 e. The molecule has 0 saturated heterocycles. The summed E-state index contributed by atoms with van der Waals surface area (Å²) >= 11 is 1.32. The van der Waals surface area contributed by atoms with E-state index < -0.39 is 5.54 Å². The number of nitrogens with one attached hydrogen (secondary N) is 2. The van der Waals surface area contributed by atoms with Crippen LogP contribution in [0.25, 0.3) is 0 Å². The van der Waals surface area contributed by atoms with Gasteiger partial charge < -0.3 is 10.1 Å². The first-order valence-electron chi connectivity index (χ1n) is 5.53. The van der Waals surface area contributed by atoms with Crippen LogP contribution in [0, 0.1) is 0 Å². The SMILES string of the molecule is CCn1c(SCC(C)(NC)C(=O)OC)n[nH]c1=O. The van der Waals surface area contributed by atoms with E-state index in [9.17, 15) is 9.59 Å². The van der Waals surface area contributed by atoms with E-state index in [2.05, 4.69) is 15.5 Å². The minimum absolute atomic E-state index is 0.246. The van der Waals surface area contributed by atoms with Gasteiger partial charge in [-0.25, -0.2) is 9.89 Å². The monoisotopic (exact) mass is 274 g/mol. The number of hydrogen-bond donors (Lipinski definition) is 2. The topological polar surface area (TPSA) is 89.0 Å². The first-order valence-corrected chi connectivity index (χ1v) is 6.52. The van der Waals surface area contributed by atoms with Crippen molar-refractivity contribution in [1.29, 1.82) is 0 Å². The number of ether oxygens (including phenoxy) is 1. The number of rotatable bonds is 6. The summed E-state index contributed by atoms with van der Waals surface area (Å²) in [5, 5.41) is 9.79. The van der Waals surface area contributed by atoms with Crippen LogP contribution in [-0.4, -0.2) is 46.2 Å². The molecule has 102 valence electrons. The zero-order valence-electron chi connectivity index (χ0n) is 10.9. The Labute approximate surface area is 109 Å². The average Bonchev–Trinajstić information content (AvgIpc) is 2.75. The lowest BCUT2D eigenvalue weighted by Crippen LogP contribution is -2.50. The average molecular weight is 274 g/mol. The number of thioether (sulfide) groups is 1. The number of aromatic nitrogens is 3. The van der Waals surface area contributed by atoms with Crippen molar-refractivity contribution in [1.82, 2.24) is 20.1 Å². The van der Waals surface area contributed by atoms with Crippen LogP contribution in [0.1, 0.15) is 13.8 Å². The molecule has 0 aliphatic rings. The van der Waals surface area contributed by atoms with Crippen molar-refractivity contribution in [3.63, 3.8) is 0 Å². The van der Waals surface area contributed by atoms with Crippen molar-refractivity contribution in [2.24, 2.45) is 0 Å². The van der Waals surface area contributed by atoms with Crippen LogP contribution < -0.4 is 11.0 Å². The number of carbonyl (C=O) groups is 1. The van der Waals surface area contributed by atoms with Gasteiger partial charge in [-0.2, -0.15) is 0 Å². The molecule has 0 aromatic carbocycles. The fourth-order valence-corrected chi connectivity index (χ4v) is 2.52. The van der Waals surface area contributed by atoms with Crippen LogP contribution >= 0.6 is 11.8 Å². The van der Waals surface area contributed by atoms with Gasteiger partial charge in [0.1, 0.15) is 5.54 Å². The molecule has 2 N–H and O–H groups in total. The van der Waals surface area contributed by atoms with Crippen molar-refractivity contribution < 1.29 is 9.53 Å². The predicted molar refractivity (Wildman–Crippen MR) is 68.7 cm³/mol. The molecule has 0 radical (unpaired) electrons. The Hall–Kier alpha value is -1.28. The Morgan fingerprint density at radius 2 is 2.33 bits per heavy atom. The van der Waals surface area contributed by atoms with E-state index >= 15 is 0 Å². The standard InChI is InChI=1S/C10H18N4O3S/c1-5-14-8(16)12-13-9(14)18-6-10(2,11-3)7(15)17-4/h11H,5-6H2,1-4H3,(H,12,16). The molecule has 18 heavy (non-hydrogen) atoms. The van der Waals surface area contributed by atoms with Crippen molar-refractivity contribution in [3.8, 4) is 0 Å². The molecule has 1 aromatic heterocycles. The van der Waals surface area contributed by atoms with Gasteiger partial charge in [-0.1, -0.05) is 11.8 Å². The molecule has 0 spiro atoms. The number of nitrogens with zero attached hydrogens (tertiary/aromatic N) is 2. The molecule has 0 amide bonds. The maximum atomic E-state index is 11.7. The van der Waals surface area contributed by atoms with Crippen LogP contribution in [0.4, 0.5) is 0 Å². The van der Waals surface area contributed by atoms with E-state index in [1.165, 1.54) is 23.4 Å². The number of H-pyrrole nitrogens is 1. The zero-order valence-corrected chi connectivity index (χ0v) is 11.8. The Kier molecular flexibility index (Phi) is 4.97. The molecule has 0 fully saturated rings. The molecular formula is C10H18N4O3S. The number of carbonyl (C=O) groups excluding carboxylic acids is 1. The van der Waals surface area contributed by atoms with E-state index in [1.807, 2.05) is 6.92 Å². The van der Waals surface area contributed by atoms with Gasteiger partial charge in [-0.3, -0.25) is 9.36 Å². The highest BCUT2D eigenvalue weighted by atomic mass is 32.2. The number of esters is 1. The van der Waals surface area contributed by atoms with E-state index in [1.54, 1.807) is 14.0 Å². The molecule has 1 heterocycles. The minimum Gasteiger partial charge on any atom is -0.468 e. The van der Waals surface area contributed by atoms with Crippen molar-refractivity contribution in [2.45, 2.75) is 31.1 Å². The lowest BCUT2D eigenvalue weighted by atomic mass is 10.1. The predicted octanol–water partition coefficient (Wildman–Crippen LogP) is -0.165. The maximum absolute atomic E-state index is 11.7. The highest BCUT2D eigenvalue weighted by Gasteiger charge is 2.33. The van der Waals surface area contributed by atoms with Gasteiger partial charge in [0.15, 0.2) is 5.16 Å². The second-order valence-electron chi connectivity index (χ2n) is 3.92. The third kappa shape index (κ3) is 2.94. The summed E-state index contributed by atoms with van der Waals surface area (Å²) in [6.45, 7) is 4.14. The Morgan fingerprint density at radius 1 is 1.67 bits per heavy atom. The first kappa shape index (κ1) is 14.8. The molecule has 0 aliphatic heterocycles. The lowest BCUT2D eigenvalue weighted by Gasteiger charge is -2.25. The molecule has 1 unspecified atom stereocenters. The molecule has 1 atom stereocenters. The summed E-state index contributed by atoms with van der Waals surface area (Å²) in [6.07, 6.45) is 0. The third-order valence-corrected chi connectivity index (χ3v) is 4.01. The Morgan fingerprint density at radius 3 is 2.83 bits per heavy atom. The van der Waals surface area contributed by atoms with Crippen LogP contribution in [0.2, 0.25) is 0 Å². The maximum Gasteiger partial charge on any atom is 0.343 e. The van der Waals surface area contributed by atoms with Gasteiger partial charge in [0.2, 0.25) is 0 Å². The fraction of sp³-hybridized carbons (Fsp3) is 0.700. The van der Waals surface area contributed by atoms with Crippen LogP contribution in [0.15, 0.2) is 9.95 Å². The van der Waals surface area contributed by atoms with Crippen LogP contribution in [-0.2, 0) is 16.1 Å². The quantitative estimate of drug-likeness (QED) is 0.553. The van der Waals surface area contributed by atoms with Crippen LogP contribution in [0.3, 0.4) is 0 Å². The zero-order chi connectivity index (χ0) is 13.8. The minimum atomic E-state index is -0.813. The van der Waals surface area contributed by atoms with Crippen molar-refractivity contribution in [3.05, 3.63) is 10.5 Å². The third-order valence-electron chi connectivity index (χ3n) is 2.72. The van der Waals surface area contributed by atoms with Crippen LogP contribution in [0.5, 0.6) is 0 Å². The summed E-state index contributed by atoms with van der Waals surface area (Å²) in [4.78, 5) is 23.0. The Balaban J connectivity index is 2.80. The Bertz CT molecular complexity index is 470. The first-order chi connectivity index (χ1) is 8.48. The lowest BCUT2D eigenvalue weighted by molar-refractivity contribution is -0.146. The van der Waals surface area contributed by atoms with Crippen molar-refractivity contribution >= 4 is 17.7 Å². The normalized spacial score (nSPS) is 14.2. The molecule has 0 aliphatic carbocycles. The molecule has 7 nitrogen and oxygen atoms in total. The fourth-order valence-electron chi connectivity index (χ4n) is 1.36. The number of hydrogen-bond acceptors (Lipinski definition) is 6. The number of methoxy groups -OCH3 is 1. The number of aromatic amines is 1.